The van der Waals surface area contributed by atoms with Gasteiger partial charge in [-0.3, -0.25) is 24.1 Å². The number of aliphatic hydroxyl groups is 1. The summed E-state index contributed by atoms with van der Waals surface area (Å²) in [5.74, 6) is -7.99. The number of nitrogens with zero attached hydrogens (tertiary/aromatic N) is 2. The lowest BCUT2D eigenvalue weighted by atomic mass is 9.56. The number of alkyl halides is 3. The lowest BCUT2D eigenvalue weighted by molar-refractivity contribution is -0.138. The van der Waals surface area contributed by atoms with Crippen LogP contribution in [0.15, 0.2) is 54.1 Å². The number of carboxylic acid groups (broad SMARTS) is 1. The van der Waals surface area contributed by atoms with Crippen LogP contribution in [0.25, 0.3) is 0 Å². The van der Waals surface area contributed by atoms with Crippen molar-refractivity contribution in [3.8, 4) is 11.5 Å². The third kappa shape index (κ3) is 4.07. The summed E-state index contributed by atoms with van der Waals surface area (Å²) in [6.07, 6.45) is 1.67. The van der Waals surface area contributed by atoms with Crippen LogP contribution in [0.1, 0.15) is 34.7 Å². The van der Waals surface area contributed by atoms with Crippen molar-refractivity contribution in [2.24, 2.45) is 17.8 Å². The Kier molecular flexibility index (Phi) is 7.55. The predicted octanol–water partition coefficient (Wildman–Crippen LogP) is 3.38. The Bertz CT molecular complexity index is 1670. The van der Waals surface area contributed by atoms with Crippen molar-refractivity contribution in [2.75, 3.05) is 23.6 Å². The minimum absolute atomic E-state index is 0.00146. The number of imide groups is 2. The average molecular weight is 708 g/mol. The highest BCUT2D eigenvalue weighted by atomic mass is 79.9. The normalized spacial score (nSPS) is 31.0. The first-order valence-electron chi connectivity index (χ1n) is 13.7. The van der Waals surface area contributed by atoms with Gasteiger partial charge in [-0.25, -0.2) is 9.69 Å². The first kappa shape index (κ1) is 30.6. The Morgan fingerprint density at radius 1 is 1.05 bits per heavy atom. The van der Waals surface area contributed by atoms with Crippen molar-refractivity contribution in [3.63, 3.8) is 0 Å². The molecular weight excluding hydrogens is 683 g/mol. The molecule has 2 aromatic carbocycles. The van der Waals surface area contributed by atoms with Crippen LogP contribution in [-0.2, 0) is 19.2 Å². The molecule has 14 heteroatoms. The van der Waals surface area contributed by atoms with Gasteiger partial charge in [0.15, 0.2) is 9.75 Å². The average Bonchev–Trinajstić information content (AvgIpc) is 3.33. The number of benzene rings is 2. The van der Waals surface area contributed by atoms with Gasteiger partial charge < -0.3 is 20.1 Å². The second-order valence-electron chi connectivity index (χ2n) is 11.1. The Balaban J connectivity index is 1.50. The molecule has 0 spiro atoms. The number of aromatic hydroxyl groups is 1. The molecule has 3 N–H and O–H groups in total. The van der Waals surface area contributed by atoms with Crippen molar-refractivity contribution in [2.45, 2.75) is 28.5 Å². The second kappa shape index (κ2) is 10.9. The Morgan fingerprint density at radius 3 is 2.43 bits per heavy atom. The molecule has 3 fully saturated rings. The van der Waals surface area contributed by atoms with Crippen LogP contribution in [0, 0.1) is 17.8 Å². The molecule has 44 heavy (non-hydrogen) atoms. The SMILES string of the molecule is O=C(O)c1ccc(N2C(=O)C3CC=C4C(CC5(Cl)C(=O)N(CBr)C(=O)C5(Cl)C4c4ccccc4OCCO)C3C2=O)cc1O. The molecule has 0 aromatic heterocycles. The number of aliphatic hydroxyl groups excluding tert-OH is 1. The molecule has 4 aliphatic rings. The number of likely N-dealkylation sites (tertiary alicyclic amines) is 1. The van der Waals surface area contributed by atoms with E-state index in [0.717, 1.165) is 21.9 Å². The number of amides is 4. The molecule has 6 rings (SSSR count). The van der Waals surface area contributed by atoms with Crippen molar-refractivity contribution < 1.29 is 44.0 Å². The third-order valence-corrected chi connectivity index (χ3v) is 11.0. The lowest BCUT2D eigenvalue weighted by Crippen LogP contribution is -2.60. The zero-order chi connectivity index (χ0) is 31.7. The third-order valence-electron chi connectivity index (χ3n) is 9.06. The molecule has 6 atom stereocenters. The van der Waals surface area contributed by atoms with Crippen LogP contribution in [0.2, 0.25) is 0 Å². The summed E-state index contributed by atoms with van der Waals surface area (Å²) in [5.41, 5.74) is 0.422. The molecule has 0 radical (unpaired) electrons. The topological polar surface area (TPSA) is 162 Å². The standard InChI is InChI=1S/C30H25BrCl2N2O9/c31-13-34-27(42)29(32)12-19-15(23(30(29,33)28(34)43)17-3-1-2-4-21(17)44-10-9-36)7-8-18-22(19)25(39)35(24(18)38)14-5-6-16(26(40)41)20(37)11-14/h1-7,11,18-19,22-23,36-37H,8-10,12-13H2,(H,40,41). The van der Waals surface area contributed by atoms with Crippen molar-refractivity contribution in [1.82, 2.24) is 4.90 Å². The maximum Gasteiger partial charge on any atom is 0.339 e. The maximum absolute atomic E-state index is 14.1. The number of carboxylic acids is 1. The van der Waals surface area contributed by atoms with Crippen LogP contribution >= 0.6 is 39.1 Å². The number of fused-ring (bicyclic) bond motifs is 4. The van der Waals surface area contributed by atoms with Crippen molar-refractivity contribution >= 4 is 74.4 Å². The van der Waals surface area contributed by atoms with Crippen LogP contribution in [0.3, 0.4) is 0 Å². The first-order chi connectivity index (χ1) is 20.9. The van der Waals surface area contributed by atoms with E-state index in [1.54, 1.807) is 30.3 Å². The van der Waals surface area contributed by atoms with Crippen molar-refractivity contribution in [3.05, 3.63) is 65.2 Å². The van der Waals surface area contributed by atoms with Gasteiger partial charge in [-0.15, -0.1) is 23.2 Å². The summed E-state index contributed by atoms with van der Waals surface area (Å²) in [6, 6.07) is 10.1. The molecular formula is C30H25BrCl2N2O9. The van der Waals surface area contributed by atoms with E-state index in [4.69, 9.17) is 27.9 Å². The molecule has 230 valence electrons. The van der Waals surface area contributed by atoms with Gasteiger partial charge >= 0.3 is 5.97 Å². The maximum atomic E-state index is 14.1. The quantitative estimate of drug-likeness (QED) is 0.170. The fraction of sp³-hybridized carbons (Fsp3) is 0.367. The Labute approximate surface area is 269 Å². The molecule has 2 aromatic rings. The highest BCUT2D eigenvalue weighted by Gasteiger charge is 2.76. The summed E-state index contributed by atoms with van der Waals surface area (Å²) < 4.78 is 5.81. The van der Waals surface area contributed by atoms with Gasteiger partial charge in [-0.2, -0.15) is 0 Å². The number of carbonyl (C=O) groups excluding carboxylic acids is 4. The number of hydrogen-bond donors (Lipinski definition) is 3. The Hall–Kier alpha value is -3.45. The molecule has 2 aliphatic heterocycles. The van der Waals surface area contributed by atoms with E-state index >= 15 is 0 Å². The second-order valence-corrected chi connectivity index (χ2v) is 12.9. The highest BCUT2D eigenvalue weighted by molar-refractivity contribution is 9.09. The number of anilines is 1. The van der Waals surface area contributed by atoms with Gasteiger partial charge in [-0.05, 0) is 37.0 Å². The zero-order valence-corrected chi connectivity index (χ0v) is 25.9. The number of ether oxygens (including phenoxy) is 1. The van der Waals surface area contributed by atoms with Crippen LogP contribution in [0.5, 0.6) is 11.5 Å². The molecule has 2 saturated heterocycles. The molecule has 11 nitrogen and oxygen atoms in total. The van der Waals surface area contributed by atoms with Gasteiger partial charge in [0.2, 0.25) is 11.8 Å². The summed E-state index contributed by atoms with van der Waals surface area (Å²) in [5, 5.41) is 29.0. The number of aromatic carboxylic acids is 1. The number of phenols is 1. The van der Waals surface area contributed by atoms with E-state index < -0.39 is 74.3 Å². The number of allylic oxidation sites excluding steroid dienone is 2. The number of rotatable bonds is 7. The van der Waals surface area contributed by atoms with E-state index in [0.29, 0.717) is 16.9 Å². The number of carbonyl (C=O) groups is 5. The van der Waals surface area contributed by atoms with Crippen molar-refractivity contribution in [1.29, 1.82) is 0 Å². The monoisotopic (exact) mass is 706 g/mol. The van der Waals surface area contributed by atoms with E-state index in [1.807, 2.05) is 0 Å². The van der Waals surface area contributed by atoms with Gasteiger partial charge in [0.25, 0.3) is 11.8 Å². The summed E-state index contributed by atoms with van der Waals surface area (Å²) >= 11 is 17.7. The molecule has 4 amide bonds. The molecule has 2 aliphatic carbocycles. The van der Waals surface area contributed by atoms with E-state index in [1.165, 1.54) is 6.07 Å². The summed E-state index contributed by atoms with van der Waals surface area (Å²) in [4.78, 5) is 64.8. The summed E-state index contributed by atoms with van der Waals surface area (Å²) in [6.45, 7) is -0.349. The Morgan fingerprint density at radius 2 is 1.77 bits per heavy atom. The van der Waals surface area contributed by atoms with Crippen LogP contribution in [0.4, 0.5) is 5.69 Å². The first-order valence-corrected chi connectivity index (χ1v) is 15.6. The van der Waals surface area contributed by atoms with Gasteiger partial charge in [0.05, 0.1) is 29.6 Å². The zero-order valence-electron chi connectivity index (χ0n) is 22.8. The van der Waals surface area contributed by atoms with Gasteiger partial charge in [0.1, 0.15) is 23.7 Å². The molecule has 1 saturated carbocycles. The van der Waals surface area contributed by atoms with E-state index in [2.05, 4.69) is 15.9 Å². The minimum Gasteiger partial charge on any atom is -0.507 e. The molecule has 6 unspecified atom stereocenters. The van der Waals surface area contributed by atoms with Crippen LogP contribution < -0.4 is 9.64 Å². The van der Waals surface area contributed by atoms with Gasteiger partial charge in [-0.1, -0.05) is 45.8 Å². The fourth-order valence-corrected chi connectivity index (χ4v) is 8.62. The summed E-state index contributed by atoms with van der Waals surface area (Å²) in [7, 11) is 0. The fourth-order valence-electron chi connectivity index (χ4n) is 7.20. The minimum atomic E-state index is -2.02. The number of halogens is 3. The number of para-hydroxylation sites is 1. The smallest absolute Gasteiger partial charge is 0.339 e. The van der Waals surface area contributed by atoms with Gasteiger partial charge in [0, 0.05) is 17.5 Å². The van der Waals surface area contributed by atoms with Crippen LogP contribution in [-0.4, -0.2) is 78.2 Å². The van der Waals surface area contributed by atoms with E-state index in [9.17, 15) is 39.3 Å². The highest BCUT2D eigenvalue weighted by Crippen LogP contribution is 2.66. The lowest BCUT2D eigenvalue weighted by Gasteiger charge is -2.51. The number of hydrogen-bond acceptors (Lipinski definition) is 8. The predicted molar refractivity (Wildman–Crippen MR) is 160 cm³/mol. The van der Waals surface area contributed by atoms with E-state index in [-0.39, 0.29) is 37.2 Å². The molecule has 2 heterocycles. The molecule has 0 bridgehead atoms. The largest absolute Gasteiger partial charge is 0.507 e.